The second-order valence-corrected chi connectivity index (χ2v) is 5.51. The van der Waals surface area contributed by atoms with Gasteiger partial charge in [0.15, 0.2) is 0 Å². The second kappa shape index (κ2) is 7.45. The smallest absolute Gasteiger partial charge is 0.320 e. The monoisotopic (exact) mass is 307 g/mol. The van der Waals surface area contributed by atoms with E-state index in [0.29, 0.717) is 12.8 Å². The van der Waals surface area contributed by atoms with Crippen molar-refractivity contribution in [1.82, 2.24) is 5.32 Å². The summed E-state index contributed by atoms with van der Waals surface area (Å²) in [6.45, 7) is 0.955. The minimum atomic E-state index is -1.46. The lowest BCUT2D eigenvalue weighted by Crippen LogP contribution is -2.58. The molecule has 1 saturated heterocycles. The summed E-state index contributed by atoms with van der Waals surface area (Å²) in [5.74, 6) is -1.11. The van der Waals surface area contributed by atoms with Crippen LogP contribution < -0.4 is 16.8 Å². The second-order valence-electron chi connectivity index (χ2n) is 5.51. The molecule has 0 aliphatic carbocycles. The van der Waals surface area contributed by atoms with E-state index < -0.39 is 48.8 Å². The molecular weight excluding hydrogens is 282 g/mol. The fourth-order valence-electron chi connectivity index (χ4n) is 2.41. The number of rotatable bonds is 8. The number of nitrogens with two attached hydrogens (primary N) is 2. The van der Waals surface area contributed by atoms with E-state index in [0.717, 1.165) is 0 Å². The zero-order chi connectivity index (χ0) is 16.2. The molecule has 0 amide bonds. The molecule has 9 heteroatoms. The molecule has 0 saturated carbocycles. The minimum Gasteiger partial charge on any atom is -0.480 e. The van der Waals surface area contributed by atoms with Gasteiger partial charge in [0, 0.05) is 0 Å². The number of carboxylic acid groups (broad SMARTS) is 1. The molecule has 9 nitrogen and oxygen atoms in total. The summed E-state index contributed by atoms with van der Waals surface area (Å²) >= 11 is 0. The molecule has 1 heterocycles. The fraction of sp³-hybridized carbons (Fsp3) is 0.917. The standard InChI is InChI=1S/C12H25N3O6/c1-12(10(18)9(17)7(5-16)21-12)15-6(11(19)20)3-2-4-8(13)14/h6-10,15-18H,2-5,13-14H2,1H3,(H,19,20)/t6-,7+,9+,10-,12?/m0/s1. The summed E-state index contributed by atoms with van der Waals surface area (Å²) in [6.07, 6.45) is -2.93. The molecule has 124 valence electrons. The Labute approximate surface area is 122 Å². The maximum atomic E-state index is 11.3. The predicted octanol–water partition coefficient (Wildman–Crippen LogP) is -2.73. The summed E-state index contributed by atoms with van der Waals surface area (Å²) < 4.78 is 5.36. The van der Waals surface area contributed by atoms with Crippen molar-refractivity contribution >= 4 is 5.97 Å². The third kappa shape index (κ3) is 4.58. The third-order valence-electron chi connectivity index (χ3n) is 3.63. The molecule has 0 aromatic carbocycles. The van der Waals surface area contributed by atoms with Crippen molar-refractivity contribution in [2.24, 2.45) is 11.5 Å². The Morgan fingerprint density at radius 3 is 2.43 bits per heavy atom. The average Bonchev–Trinajstić information content (AvgIpc) is 2.61. The molecule has 5 atom stereocenters. The van der Waals surface area contributed by atoms with Gasteiger partial charge in [-0.05, 0) is 26.2 Å². The van der Waals surface area contributed by atoms with Crippen LogP contribution in [0.3, 0.4) is 0 Å². The van der Waals surface area contributed by atoms with Crippen LogP contribution in [0.15, 0.2) is 0 Å². The zero-order valence-corrected chi connectivity index (χ0v) is 12.0. The van der Waals surface area contributed by atoms with Gasteiger partial charge < -0.3 is 36.6 Å². The van der Waals surface area contributed by atoms with Crippen LogP contribution in [0.5, 0.6) is 0 Å². The number of hydrogen-bond acceptors (Lipinski definition) is 8. The van der Waals surface area contributed by atoms with Crippen molar-refractivity contribution in [2.75, 3.05) is 6.61 Å². The molecule has 9 N–H and O–H groups in total. The molecule has 0 aromatic rings. The molecule has 1 aliphatic heterocycles. The van der Waals surface area contributed by atoms with Crippen LogP contribution in [0.1, 0.15) is 26.2 Å². The number of nitrogens with one attached hydrogen (secondary N) is 1. The Morgan fingerprint density at radius 1 is 1.38 bits per heavy atom. The van der Waals surface area contributed by atoms with Crippen molar-refractivity contribution in [3.63, 3.8) is 0 Å². The Balaban J connectivity index is 2.67. The van der Waals surface area contributed by atoms with Crippen LogP contribution >= 0.6 is 0 Å². The lowest BCUT2D eigenvalue weighted by Gasteiger charge is -2.32. The van der Waals surface area contributed by atoms with Gasteiger partial charge in [0.1, 0.15) is 30.1 Å². The van der Waals surface area contributed by atoms with Gasteiger partial charge in [0.2, 0.25) is 0 Å². The number of aliphatic hydroxyl groups excluding tert-OH is 3. The maximum Gasteiger partial charge on any atom is 0.320 e. The molecule has 1 aliphatic rings. The summed E-state index contributed by atoms with van der Waals surface area (Å²) in [4.78, 5) is 11.3. The van der Waals surface area contributed by atoms with E-state index in [9.17, 15) is 20.1 Å². The van der Waals surface area contributed by atoms with E-state index in [4.69, 9.17) is 21.3 Å². The van der Waals surface area contributed by atoms with Crippen LogP contribution in [0, 0.1) is 0 Å². The number of hydrogen-bond donors (Lipinski definition) is 7. The van der Waals surface area contributed by atoms with Gasteiger partial charge in [-0.25, -0.2) is 0 Å². The fourth-order valence-corrected chi connectivity index (χ4v) is 2.41. The Bertz CT molecular complexity index is 356. The van der Waals surface area contributed by atoms with E-state index in [1.165, 1.54) is 6.92 Å². The van der Waals surface area contributed by atoms with Gasteiger partial charge in [0.05, 0.1) is 12.8 Å². The number of aliphatic carboxylic acids is 1. The van der Waals surface area contributed by atoms with Crippen molar-refractivity contribution in [3.8, 4) is 0 Å². The highest BCUT2D eigenvalue weighted by atomic mass is 16.6. The first-order chi connectivity index (χ1) is 9.71. The minimum absolute atomic E-state index is 0.242. The largest absolute Gasteiger partial charge is 0.480 e. The summed E-state index contributed by atoms with van der Waals surface area (Å²) in [7, 11) is 0. The normalized spacial score (nSPS) is 34.3. The highest BCUT2D eigenvalue weighted by molar-refractivity contribution is 5.73. The van der Waals surface area contributed by atoms with E-state index in [2.05, 4.69) is 5.32 Å². The van der Waals surface area contributed by atoms with Gasteiger partial charge in [-0.3, -0.25) is 10.1 Å². The van der Waals surface area contributed by atoms with Crippen molar-refractivity contribution in [2.45, 2.75) is 62.4 Å². The summed E-state index contributed by atoms with van der Waals surface area (Å²) in [5, 5.41) is 40.7. The molecule has 1 unspecified atom stereocenters. The number of carboxylic acids is 1. The topological polar surface area (TPSA) is 171 Å². The Hall–Kier alpha value is -0.810. The number of ether oxygens (including phenoxy) is 1. The summed E-state index contributed by atoms with van der Waals surface area (Å²) in [5.41, 5.74) is 9.35. The van der Waals surface area contributed by atoms with Crippen molar-refractivity contribution in [3.05, 3.63) is 0 Å². The SMILES string of the molecule is CC1(N[C@@H](CCCC(N)N)C(=O)O)O[C@H](CO)[C@@H](O)[C@@H]1O. The van der Waals surface area contributed by atoms with Gasteiger partial charge in [-0.1, -0.05) is 0 Å². The molecule has 0 bridgehead atoms. The molecule has 21 heavy (non-hydrogen) atoms. The lowest BCUT2D eigenvalue weighted by molar-refractivity contribution is -0.147. The van der Waals surface area contributed by atoms with Crippen LogP contribution in [0.2, 0.25) is 0 Å². The highest BCUT2D eigenvalue weighted by Crippen LogP contribution is 2.29. The lowest BCUT2D eigenvalue weighted by atomic mass is 10.0. The van der Waals surface area contributed by atoms with Crippen LogP contribution in [-0.2, 0) is 9.53 Å². The molecule has 1 rings (SSSR count). The highest BCUT2D eigenvalue weighted by Gasteiger charge is 2.52. The molecule has 0 spiro atoms. The first-order valence-electron chi connectivity index (χ1n) is 6.87. The average molecular weight is 307 g/mol. The van der Waals surface area contributed by atoms with Crippen molar-refractivity contribution < 1.29 is 30.0 Å². The molecule has 0 aromatic heterocycles. The molecular formula is C12H25N3O6. The first-order valence-corrected chi connectivity index (χ1v) is 6.87. The molecule has 0 radical (unpaired) electrons. The predicted molar refractivity (Wildman–Crippen MR) is 73.0 cm³/mol. The maximum absolute atomic E-state index is 11.3. The van der Waals surface area contributed by atoms with Gasteiger partial charge in [-0.15, -0.1) is 0 Å². The van der Waals surface area contributed by atoms with Gasteiger partial charge in [-0.2, -0.15) is 0 Å². The Kier molecular flexibility index (Phi) is 6.47. The van der Waals surface area contributed by atoms with Crippen LogP contribution in [0.4, 0.5) is 0 Å². The van der Waals surface area contributed by atoms with Gasteiger partial charge in [0.25, 0.3) is 0 Å². The first kappa shape index (κ1) is 18.2. The van der Waals surface area contributed by atoms with Crippen LogP contribution in [0.25, 0.3) is 0 Å². The molecule has 1 fully saturated rings. The van der Waals surface area contributed by atoms with Gasteiger partial charge >= 0.3 is 5.97 Å². The number of aliphatic hydroxyl groups is 3. The van der Waals surface area contributed by atoms with Crippen molar-refractivity contribution in [1.29, 1.82) is 0 Å². The van der Waals surface area contributed by atoms with E-state index in [1.54, 1.807) is 0 Å². The van der Waals surface area contributed by atoms with Crippen LogP contribution in [-0.4, -0.2) is 69.2 Å². The van der Waals surface area contributed by atoms with E-state index >= 15 is 0 Å². The van der Waals surface area contributed by atoms with E-state index in [-0.39, 0.29) is 6.42 Å². The Morgan fingerprint density at radius 2 is 2.00 bits per heavy atom. The quantitative estimate of drug-likeness (QED) is 0.235. The third-order valence-corrected chi connectivity index (χ3v) is 3.63. The van der Waals surface area contributed by atoms with E-state index in [1.807, 2.05) is 0 Å². The summed E-state index contributed by atoms with van der Waals surface area (Å²) in [6, 6.07) is -0.993. The zero-order valence-electron chi connectivity index (χ0n) is 12.0. The number of carbonyl (C=O) groups is 1.